The van der Waals surface area contributed by atoms with E-state index in [1.807, 2.05) is 18.2 Å². The highest BCUT2D eigenvalue weighted by Gasteiger charge is 2.26. The summed E-state index contributed by atoms with van der Waals surface area (Å²) < 4.78 is 1.18. The topological polar surface area (TPSA) is 105 Å². The number of nitro benzene ring substituents is 1. The Hall–Kier alpha value is -3.33. The van der Waals surface area contributed by atoms with Crippen molar-refractivity contribution < 1.29 is 14.5 Å². The lowest BCUT2D eigenvalue weighted by molar-refractivity contribution is -0.384. The van der Waals surface area contributed by atoms with Crippen molar-refractivity contribution in [1.29, 1.82) is 0 Å². The Morgan fingerprint density at radius 3 is 2.67 bits per heavy atom. The van der Waals surface area contributed by atoms with E-state index in [1.54, 1.807) is 16.2 Å². The molecule has 8 nitrogen and oxygen atoms in total. The van der Waals surface area contributed by atoms with Crippen molar-refractivity contribution in [3.8, 4) is 0 Å². The van der Waals surface area contributed by atoms with Crippen molar-refractivity contribution >= 4 is 39.1 Å². The van der Waals surface area contributed by atoms with Gasteiger partial charge in [-0.2, -0.15) is 0 Å². The Morgan fingerprint density at radius 2 is 1.93 bits per heavy atom. The van der Waals surface area contributed by atoms with Gasteiger partial charge in [0.1, 0.15) is 0 Å². The summed E-state index contributed by atoms with van der Waals surface area (Å²) in [6.07, 6.45) is 1.68. The lowest BCUT2D eigenvalue weighted by atomic mass is 9.97. The van der Waals surface area contributed by atoms with Crippen molar-refractivity contribution in [2.75, 3.05) is 19.6 Å². The third-order valence-electron chi connectivity index (χ3n) is 5.23. The number of non-ortho nitro benzene ring substituents is 1. The van der Waals surface area contributed by atoms with Gasteiger partial charge in [-0.3, -0.25) is 19.7 Å². The lowest BCUT2D eigenvalue weighted by Crippen LogP contribution is -2.43. The maximum atomic E-state index is 12.5. The van der Waals surface area contributed by atoms with E-state index in [0.29, 0.717) is 19.0 Å². The molecule has 1 aliphatic rings. The molecule has 4 rings (SSSR count). The van der Waals surface area contributed by atoms with Gasteiger partial charge >= 0.3 is 0 Å². The van der Waals surface area contributed by atoms with Crippen molar-refractivity contribution in [2.24, 2.45) is 0 Å². The van der Waals surface area contributed by atoms with Crippen LogP contribution in [0.3, 0.4) is 0 Å². The largest absolute Gasteiger partial charge is 0.343 e. The second kappa shape index (κ2) is 8.58. The molecule has 0 saturated carbocycles. The van der Waals surface area contributed by atoms with E-state index in [0.717, 1.165) is 23.4 Å². The second-order valence-corrected chi connectivity index (χ2v) is 8.23. The molecule has 9 heteroatoms. The van der Waals surface area contributed by atoms with Gasteiger partial charge in [-0.05, 0) is 31.0 Å². The Balaban J connectivity index is 1.29. The fourth-order valence-corrected chi connectivity index (χ4v) is 4.71. The number of thiazole rings is 1. The lowest BCUT2D eigenvalue weighted by Gasteiger charge is -2.31. The van der Waals surface area contributed by atoms with E-state index in [4.69, 9.17) is 4.98 Å². The van der Waals surface area contributed by atoms with Crippen LogP contribution < -0.4 is 5.32 Å². The predicted octanol–water partition coefficient (Wildman–Crippen LogP) is 3.34. The van der Waals surface area contributed by atoms with Crippen molar-refractivity contribution in [1.82, 2.24) is 15.2 Å². The molecule has 2 heterocycles. The number of piperidine rings is 1. The van der Waals surface area contributed by atoms with Crippen molar-refractivity contribution in [3.05, 3.63) is 69.2 Å². The van der Waals surface area contributed by atoms with Crippen molar-refractivity contribution in [3.63, 3.8) is 0 Å². The molecule has 1 saturated heterocycles. The molecule has 1 aliphatic heterocycles. The highest BCUT2D eigenvalue weighted by molar-refractivity contribution is 7.18. The number of likely N-dealkylation sites (tertiary alicyclic amines) is 1. The minimum atomic E-state index is -0.558. The summed E-state index contributed by atoms with van der Waals surface area (Å²) in [5, 5.41) is 14.5. The highest BCUT2D eigenvalue weighted by atomic mass is 32.1. The number of carbonyl (C=O) groups excluding carboxylic acids is 2. The number of nitro groups is 1. The van der Waals surface area contributed by atoms with Crippen LogP contribution in [0.1, 0.15) is 34.1 Å². The zero-order valence-electron chi connectivity index (χ0n) is 16.1. The van der Waals surface area contributed by atoms with Crippen LogP contribution in [-0.4, -0.2) is 46.3 Å². The van der Waals surface area contributed by atoms with Gasteiger partial charge in [0.15, 0.2) is 0 Å². The summed E-state index contributed by atoms with van der Waals surface area (Å²) in [5.74, 6) is -0.321. The molecule has 0 radical (unpaired) electrons. The first kappa shape index (κ1) is 20.0. The maximum Gasteiger partial charge on any atom is 0.270 e. The quantitative estimate of drug-likeness (QED) is 0.499. The monoisotopic (exact) mass is 424 g/mol. The summed E-state index contributed by atoms with van der Waals surface area (Å²) in [4.78, 5) is 41.5. The molecule has 0 unspecified atom stereocenters. The normalized spacial score (nSPS) is 14.6. The number of aromatic nitrogens is 1. The average Bonchev–Trinajstić information content (AvgIpc) is 3.21. The standard InChI is InChI=1S/C21H20N4O4S/c26-19(13-22-20(27)15-4-3-5-16(12-15)25(28)29)24-10-8-14(9-11-24)21-23-17-6-1-2-7-18(17)30-21/h1-7,12,14H,8-11,13H2,(H,22,27). The number of carbonyl (C=O) groups is 2. The number of rotatable bonds is 5. The zero-order chi connectivity index (χ0) is 21.1. The van der Waals surface area contributed by atoms with E-state index >= 15 is 0 Å². The molecule has 30 heavy (non-hydrogen) atoms. The maximum absolute atomic E-state index is 12.5. The first-order valence-corrected chi connectivity index (χ1v) is 10.5. The highest BCUT2D eigenvalue weighted by Crippen LogP contribution is 2.33. The molecule has 154 valence electrons. The minimum Gasteiger partial charge on any atom is -0.343 e. The summed E-state index contributed by atoms with van der Waals surface area (Å²) in [5.41, 5.74) is 1.01. The molecule has 0 aliphatic carbocycles. The second-order valence-electron chi connectivity index (χ2n) is 7.17. The number of hydrogen-bond acceptors (Lipinski definition) is 6. The molecule has 2 aromatic carbocycles. The number of amides is 2. The molecule has 0 spiro atoms. The number of benzene rings is 2. The molecule has 1 N–H and O–H groups in total. The Morgan fingerprint density at radius 1 is 1.17 bits per heavy atom. The Bertz CT molecular complexity index is 1070. The van der Waals surface area contributed by atoms with Gasteiger partial charge in [-0.25, -0.2) is 4.98 Å². The van der Waals surface area contributed by atoms with E-state index in [1.165, 1.54) is 29.0 Å². The predicted molar refractivity (Wildman–Crippen MR) is 114 cm³/mol. The molecule has 1 fully saturated rings. The fourth-order valence-electron chi connectivity index (χ4n) is 3.57. The van der Waals surface area contributed by atoms with Gasteiger partial charge < -0.3 is 10.2 Å². The van der Waals surface area contributed by atoms with Gasteiger partial charge in [0.05, 0.1) is 26.7 Å². The van der Waals surface area contributed by atoms with E-state index in [9.17, 15) is 19.7 Å². The number of para-hydroxylation sites is 1. The van der Waals surface area contributed by atoms with Crippen LogP contribution in [0, 0.1) is 10.1 Å². The van der Waals surface area contributed by atoms with Crippen LogP contribution >= 0.6 is 11.3 Å². The van der Waals surface area contributed by atoms with Gasteiger partial charge in [-0.15, -0.1) is 11.3 Å². The van der Waals surface area contributed by atoms with Crippen LogP contribution in [0.5, 0.6) is 0 Å². The van der Waals surface area contributed by atoms with Crippen LogP contribution in [0.15, 0.2) is 48.5 Å². The first-order chi connectivity index (χ1) is 14.5. The zero-order valence-corrected chi connectivity index (χ0v) is 16.9. The molecule has 0 bridgehead atoms. The van der Waals surface area contributed by atoms with E-state index in [-0.39, 0.29) is 23.7 Å². The molecule has 2 amide bonds. The third kappa shape index (κ3) is 4.30. The van der Waals surface area contributed by atoms with E-state index < -0.39 is 10.8 Å². The molecule has 1 aromatic heterocycles. The number of hydrogen-bond donors (Lipinski definition) is 1. The number of nitrogens with zero attached hydrogens (tertiary/aromatic N) is 3. The summed E-state index contributed by atoms with van der Waals surface area (Å²) >= 11 is 1.71. The number of fused-ring (bicyclic) bond motifs is 1. The van der Waals surface area contributed by atoms with Crippen molar-refractivity contribution in [2.45, 2.75) is 18.8 Å². The van der Waals surface area contributed by atoms with Gasteiger partial charge in [0, 0.05) is 36.7 Å². The third-order valence-corrected chi connectivity index (χ3v) is 6.43. The van der Waals surface area contributed by atoms with Gasteiger partial charge in [0.25, 0.3) is 11.6 Å². The number of nitrogens with one attached hydrogen (secondary N) is 1. The smallest absolute Gasteiger partial charge is 0.270 e. The summed E-state index contributed by atoms with van der Waals surface area (Å²) in [7, 11) is 0. The molecule has 0 atom stereocenters. The minimum absolute atomic E-state index is 0.132. The summed E-state index contributed by atoms with van der Waals surface area (Å²) in [6, 6.07) is 13.5. The summed E-state index contributed by atoms with van der Waals surface area (Å²) in [6.45, 7) is 1.10. The Labute approximate surface area is 176 Å². The van der Waals surface area contributed by atoms with Crippen LogP contribution in [0.2, 0.25) is 0 Å². The molecule has 3 aromatic rings. The van der Waals surface area contributed by atoms with Crippen LogP contribution in [0.4, 0.5) is 5.69 Å². The SMILES string of the molecule is O=C(NCC(=O)N1CCC(c2nc3ccccc3s2)CC1)c1cccc([N+](=O)[O-])c1. The molecular formula is C21H20N4O4S. The van der Waals surface area contributed by atoms with Gasteiger partial charge in [0.2, 0.25) is 5.91 Å². The average molecular weight is 424 g/mol. The van der Waals surface area contributed by atoms with Crippen LogP contribution in [0.25, 0.3) is 10.2 Å². The van der Waals surface area contributed by atoms with Crippen LogP contribution in [-0.2, 0) is 4.79 Å². The van der Waals surface area contributed by atoms with E-state index in [2.05, 4.69) is 11.4 Å². The fraction of sp³-hybridized carbons (Fsp3) is 0.286. The first-order valence-electron chi connectivity index (χ1n) is 9.67. The Kier molecular flexibility index (Phi) is 5.71. The van der Waals surface area contributed by atoms with Gasteiger partial charge in [-0.1, -0.05) is 18.2 Å². The molecular weight excluding hydrogens is 404 g/mol.